The van der Waals surface area contributed by atoms with Gasteiger partial charge in [-0.25, -0.2) is 4.39 Å². The van der Waals surface area contributed by atoms with Crippen LogP contribution in [-0.4, -0.2) is 28.7 Å². The van der Waals surface area contributed by atoms with Gasteiger partial charge in [-0.15, -0.1) is 0 Å². The Morgan fingerprint density at radius 3 is 2.74 bits per heavy atom. The summed E-state index contributed by atoms with van der Waals surface area (Å²) in [5.41, 5.74) is 2.17. The molecule has 0 spiro atoms. The number of benzene rings is 2. The van der Waals surface area contributed by atoms with Gasteiger partial charge in [-0.1, -0.05) is 49.9 Å². The Kier molecular flexibility index (Phi) is 6.05. The molecule has 1 unspecified atom stereocenters. The number of aromatic nitrogens is 1. The summed E-state index contributed by atoms with van der Waals surface area (Å²) in [5, 5.41) is 4.83. The summed E-state index contributed by atoms with van der Waals surface area (Å²) in [6.07, 6.45) is 0.837. The smallest absolute Gasteiger partial charge is 0.247 e. The van der Waals surface area contributed by atoms with E-state index in [-0.39, 0.29) is 17.6 Å². The summed E-state index contributed by atoms with van der Waals surface area (Å²) in [5.74, 6) is -0.305. The predicted molar refractivity (Wildman–Crippen MR) is 123 cm³/mol. The van der Waals surface area contributed by atoms with Crippen molar-refractivity contribution in [3.63, 3.8) is 0 Å². The first kappa shape index (κ1) is 21.4. The quantitative estimate of drug-likeness (QED) is 0.629. The molecule has 0 saturated heterocycles. The molecule has 2 heterocycles. The lowest BCUT2D eigenvalue weighted by Gasteiger charge is -2.30. The fourth-order valence-electron chi connectivity index (χ4n) is 4.06. The molecular weight excluding hydrogens is 413 g/mol. The van der Waals surface area contributed by atoms with Gasteiger partial charge in [0.2, 0.25) is 11.8 Å². The molecular formula is C24H26FN3O2S. The minimum Gasteiger partial charge on any atom is -0.354 e. The molecule has 1 aromatic heterocycles. The standard InChI is InChI=1S/C24H26FN3O2S/c1-15(2)11-12-26-23(30)22-21-18-9-4-5-10-19(18)27(3)24(21)31-14-20(29)28(22)17-8-6-7-16(25)13-17/h4-10,13,15,22H,11-12,14H2,1-3H3,(H,26,30). The molecule has 1 atom stereocenters. The van der Waals surface area contributed by atoms with Crippen molar-refractivity contribution < 1.29 is 14.0 Å². The zero-order valence-electron chi connectivity index (χ0n) is 17.9. The van der Waals surface area contributed by atoms with Crippen LogP contribution in [0.1, 0.15) is 31.9 Å². The number of anilines is 1. The lowest BCUT2D eigenvalue weighted by molar-refractivity contribution is -0.125. The number of carbonyl (C=O) groups excluding carboxylic acids is 2. The van der Waals surface area contributed by atoms with Crippen LogP contribution in [0.2, 0.25) is 0 Å². The molecule has 2 aromatic carbocycles. The minimum absolute atomic E-state index is 0.170. The molecule has 1 aliphatic heterocycles. The molecule has 0 fully saturated rings. The molecule has 0 radical (unpaired) electrons. The Morgan fingerprint density at radius 2 is 2.00 bits per heavy atom. The zero-order valence-corrected chi connectivity index (χ0v) is 18.7. The van der Waals surface area contributed by atoms with Gasteiger partial charge in [-0.2, -0.15) is 0 Å². The van der Waals surface area contributed by atoms with Crippen molar-refractivity contribution in [1.29, 1.82) is 0 Å². The highest BCUT2D eigenvalue weighted by molar-refractivity contribution is 8.00. The van der Waals surface area contributed by atoms with Gasteiger partial charge in [-0.3, -0.25) is 14.5 Å². The van der Waals surface area contributed by atoms with Gasteiger partial charge >= 0.3 is 0 Å². The van der Waals surface area contributed by atoms with Crippen LogP contribution in [0.4, 0.5) is 10.1 Å². The molecule has 0 bridgehead atoms. The number of thioether (sulfide) groups is 1. The lowest BCUT2D eigenvalue weighted by Crippen LogP contribution is -2.44. The van der Waals surface area contributed by atoms with E-state index >= 15 is 0 Å². The third-order valence-corrected chi connectivity index (χ3v) is 6.74. The summed E-state index contributed by atoms with van der Waals surface area (Å²) >= 11 is 1.42. The number of aryl methyl sites for hydroxylation is 1. The van der Waals surface area contributed by atoms with Crippen LogP contribution in [0.5, 0.6) is 0 Å². The van der Waals surface area contributed by atoms with Crippen molar-refractivity contribution in [2.24, 2.45) is 13.0 Å². The monoisotopic (exact) mass is 439 g/mol. The van der Waals surface area contributed by atoms with E-state index in [9.17, 15) is 14.0 Å². The second kappa shape index (κ2) is 8.75. The van der Waals surface area contributed by atoms with Crippen LogP contribution in [0.15, 0.2) is 53.6 Å². The number of nitrogens with one attached hydrogen (secondary N) is 1. The highest BCUT2D eigenvalue weighted by Crippen LogP contribution is 2.43. The predicted octanol–water partition coefficient (Wildman–Crippen LogP) is 4.66. The van der Waals surface area contributed by atoms with E-state index in [0.717, 1.165) is 27.9 Å². The van der Waals surface area contributed by atoms with Crippen LogP contribution in [0.3, 0.4) is 0 Å². The number of amides is 2. The van der Waals surface area contributed by atoms with Crippen LogP contribution in [-0.2, 0) is 16.6 Å². The van der Waals surface area contributed by atoms with Gasteiger partial charge in [0.15, 0.2) is 0 Å². The molecule has 0 saturated carbocycles. The number of hydrogen-bond acceptors (Lipinski definition) is 3. The first-order valence-corrected chi connectivity index (χ1v) is 11.4. The van der Waals surface area contributed by atoms with E-state index < -0.39 is 11.9 Å². The van der Waals surface area contributed by atoms with Crippen LogP contribution < -0.4 is 10.2 Å². The highest BCUT2D eigenvalue weighted by Gasteiger charge is 2.39. The summed E-state index contributed by atoms with van der Waals surface area (Å²) in [6, 6.07) is 12.9. The summed E-state index contributed by atoms with van der Waals surface area (Å²) < 4.78 is 16.1. The number of fused-ring (bicyclic) bond motifs is 3. The molecule has 31 heavy (non-hydrogen) atoms. The van der Waals surface area contributed by atoms with Crippen molar-refractivity contribution in [2.45, 2.75) is 31.3 Å². The Morgan fingerprint density at radius 1 is 1.23 bits per heavy atom. The van der Waals surface area contributed by atoms with Gasteiger partial charge < -0.3 is 9.88 Å². The highest BCUT2D eigenvalue weighted by atomic mass is 32.2. The maximum atomic E-state index is 14.1. The van der Waals surface area contributed by atoms with Crippen LogP contribution >= 0.6 is 11.8 Å². The molecule has 0 aliphatic carbocycles. The van der Waals surface area contributed by atoms with Crippen molar-refractivity contribution in [3.05, 3.63) is 59.9 Å². The number of rotatable bonds is 5. The zero-order chi connectivity index (χ0) is 22.1. The van der Waals surface area contributed by atoms with Gasteiger partial charge in [0.1, 0.15) is 11.9 Å². The second-order valence-electron chi connectivity index (χ2n) is 8.20. The van der Waals surface area contributed by atoms with Gasteiger partial charge in [0, 0.05) is 35.7 Å². The third kappa shape index (κ3) is 4.06. The average Bonchev–Trinajstić information content (AvgIpc) is 2.91. The number of halogens is 1. The minimum atomic E-state index is -0.877. The number of nitrogens with zero attached hydrogens (tertiary/aromatic N) is 2. The molecule has 1 aliphatic rings. The molecule has 4 rings (SSSR count). The van der Waals surface area contributed by atoms with Crippen molar-refractivity contribution in [3.8, 4) is 0 Å². The number of hydrogen-bond donors (Lipinski definition) is 1. The second-order valence-corrected chi connectivity index (χ2v) is 9.17. The van der Waals surface area contributed by atoms with Crippen molar-refractivity contribution in [2.75, 3.05) is 17.2 Å². The summed E-state index contributed by atoms with van der Waals surface area (Å²) in [4.78, 5) is 28.2. The Bertz CT molecular complexity index is 1140. The Labute approximate surface area is 185 Å². The van der Waals surface area contributed by atoms with E-state index in [1.807, 2.05) is 35.9 Å². The Balaban J connectivity index is 1.89. The maximum Gasteiger partial charge on any atom is 0.247 e. The SMILES string of the molecule is CC(C)CCNC(=O)C1c2c(n(C)c3ccccc23)SCC(=O)N1c1cccc(F)c1. The topological polar surface area (TPSA) is 54.3 Å². The molecule has 2 amide bonds. The molecule has 5 nitrogen and oxygen atoms in total. The van der Waals surface area contributed by atoms with Gasteiger partial charge in [0.25, 0.3) is 0 Å². The summed E-state index contributed by atoms with van der Waals surface area (Å²) in [6.45, 7) is 4.71. The summed E-state index contributed by atoms with van der Waals surface area (Å²) in [7, 11) is 1.95. The van der Waals surface area contributed by atoms with E-state index in [1.54, 1.807) is 12.1 Å². The number of carbonyl (C=O) groups is 2. The van der Waals surface area contributed by atoms with E-state index in [1.165, 1.54) is 28.8 Å². The molecule has 3 aromatic rings. The first-order valence-electron chi connectivity index (χ1n) is 10.4. The maximum absolute atomic E-state index is 14.1. The first-order chi connectivity index (χ1) is 14.9. The average molecular weight is 440 g/mol. The van der Waals surface area contributed by atoms with Crippen LogP contribution in [0, 0.1) is 11.7 Å². The van der Waals surface area contributed by atoms with E-state index in [2.05, 4.69) is 19.2 Å². The van der Waals surface area contributed by atoms with E-state index in [0.29, 0.717) is 18.2 Å². The molecule has 162 valence electrons. The van der Waals surface area contributed by atoms with Crippen molar-refractivity contribution in [1.82, 2.24) is 9.88 Å². The largest absolute Gasteiger partial charge is 0.354 e. The van der Waals surface area contributed by atoms with Crippen LogP contribution in [0.25, 0.3) is 10.9 Å². The normalized spacial score (nSPS) is 16.5. The fourth-order valence-corrected chi connectivity index (χ4v) is 5.13. The lowest BCUT2D eigenvalue weighted by atomic mass is 10.0. The number of para-hydroxylation sites is 1. The third-order valence-electron chi connectivity index (χ3n) is 5.58. The van der Waals surface area contributed by atoms with Gasteiger partial charge in [0.05, 0.1) is 10.8 Å². The fraction of sp³-hybridized carbons (Fsp3) is 0.333. The van der Waals surface area contributed by atoms with E-state index in [4.69, 9.17) is 0 Å². The van der Waals surface area contributed by atoms with Gasteiger partial charge in [-0.05, 0) is 36.6 Å². The molecule has 7 heteroatoms. The Hall–Kier alpha value is -2.80. The molecule has 1 N–H and O–H groups in total. The van der Waals surface area contributed by atoms with Crippen molar-refractivity contribution >= 4 is 40.2 Å².